The van der Waals surface area contributed by atoms with Crippen LogP contribution in [0.5, 0.6) is 11.5 Å². The third-order valence-corrected chi connectivity index (χ3v) is 7.94. The molecule has 1 saturated heterocycles. The Morgan fingerprint density at radius 2 is 1.44 bits per heavy atom. The van der Waals surface area contributed by atoms with Crippen molar-refractivity contribution in [2.45, 2.75) is 38.2 Å². The summed E-state index contributed by atoms with van der Waals surface area (Å²) in [5.41, 5.74) is 0.836. The Hall–Kier alpha value is -3.77. The van der Waals surface area contributed by atoms with E-state index < -0.39 is 25.5 Å². The second-order valence-corrected chi connectivity index (χ2v) is 10.5. The van der Waals surface area contributed by atoms with E-state index in [1.165, 1.54) is 4.90 Å². The van der Waals surface area contributed by atoms with Crippen molar-refractivity contribution in [1.29, 1.82) is 0 Å². The quantitative estimate of drug-likeness (QED) is 0.378. The highest BCUT2D eigenvalue weighted by molar-refractivity contribution is 7.55. The van der Waals surface area contributed by atoms with Crippen LogP contribution in [0.25, 0.3) is 0 Å². The highest BCUT2D eigenvalue weighted by Crippen LogP contribution is 2.57. The van der Waals surface area contributed by atoms with Crippen molar-refractivity contribution in [3.05, 3.63) is 96.6 Å². The monoisotopic (exact) mass is 508 g/mol. The summed E-state index contributed by atoms with van der Waals surface area (Å²) in [6, 6.07) is 25.9. The Morgan fingerprint density at radius 1 is 0.917 bits per heavy atom. The van der Waals surface area contributed by atoms with Gasteiger partial charge in [-0.1, -0.05) is 66.7 Å². The number of rotatable bonds is 9. The van der Waals surface area contributed by atoms with Gasteiger partial charge in [0.2, 0.25) is 5.91 Å². The van der Waals surface area contributed by atoms with Gasteiger partial charge in [-0.3, -0.25) is 4.79 Å². The molecular weight excluding hydrogens is 479 g/mol. The number of nitrogens with zero attached hydrogens (tertiary/aromatic N) is 1. The van der Waals surface area contributed by atoms with Crippen molar-refractivity contribution in [1.82, 2.24) is 10.2 Å². The van der Waals surface area contributed by atoms with Crippen molar-refractivity contribution < 1.29 is 27.9 Å². The molecule has 2 atom stereocenters. The third-order valence-electron chi connectivity index (χ3n) is 5.74. The highest BCUT2D eigenvalue weighted by Gasteiger charge is 2.48. The van der Waals surface area contributed by atoms with E-state index in [-0.39, 0.29) is 12.5 Å². The molecule has 1 N–H and O–H groups in total. The molecule has 3 aromatic rings. The Kier molecular flexibility index (Phi) is 8.28. The molecule has 188 valence electrons. The molecule has 36 heavy (non-hydrogen) atoms. The van der Waals surface area contributed by atoms with Crippen LogP contribution in [0.4, 0.5) is 4.79 Å². The molecule has 0 bridgehead atoms. The first kappa shape index (κ1) is 25.3. The molecule has 8 nitrogen and oxygen atoms in total. The van der Waals surface area contributed by atoms with Gasteiger partial charge in [0, 0.05) is 6.54 Å². The summed E-state index contributed by atoms with van der Waals surface area (Å²) in [6.45, 7) is 2.03. The molecular formula is C27H29N2O6P. The Bertz CT molecular complexity index is 1150. The van der Waals surface area contributed by atoms with E-state index in [0.29, 0.717) is 30.9 Å². The van der Waals surface area contributed by atoms with Crippen LogP contribution in [0, 0.1) is 0 Å². The molecule has 4 rings (SSSR count). The van der Waals surface area contributed by atoms with Gasteiger partial charge < -0.3 is 24.0 Å². The lowest BCUT2D eigenvalue weighted by atomic mass is 10.2. The minimum atomic E-state index is -3.89. The van der Waals surface area contributed by atoms with E-state index in [2.05, 4.69) is 5.32 Å². The SMILES string of the molecule is CC(NC(=O)OCc1ccccc1)C(=O)N1CCCC1P(=O)(Oc1ccccc1)Oc1ccccc1. The maximum atomic E-state index is 14.2. The zero-order valence-electron chi connectivity index (χ0n) is 20.0. The first-order chi connectivity index (χ1) is 17.4. The highest BCUT2D eigenvalue weighted by atomic mass is 31.2. The van der Waals surface area contributed by atoms with Crippen LogP contribution in [0.15, 0.2) is 91.0 Å². The summed E-state index contributed by atoms with van der Waals surface area (Å²) < 4.78 is 31.4. The predicted molar refractivity (Wildman–Crippen MR) is 136 cm³/mol. The van der Waals surface area contributed by atoms with Gasteiger partial charge in [0.05, 0.1) is 0 Å². The van der Waals surface area contributed by atoms with Crippen LogP contribution in [0.3, 0.4) is 0 Å². The number of carbonyl (C=O) groups is 2. The van der Waals surface area contributed by atoms with Gasteiger partial charge in [-0.15, -0.1) is 0 Å². The van der Waals surface area contributed by atoms with Gasteiger partial charge in [-0.25, -0.2) is 9.36 Å². The average molecular weight is 509 g/mol. The Labute approximate surface area is 210 Å². The second-order valence-electron chi connectivity index (χ2n) is 8.43. The molecule has 0 saturated carbocycles. The molecule has 1 aliphatic heterocycles. The summed E-state index contributed by atoms with van der Waals surface area (Å²) in [4.78, 5) is 27.1. The minimum Gasteiger partial charge on any atom is -0.445 e. The molecule has 0 radical (unpaired) electrons. The van der Waals surface area contributed by atoms with Gasteiger partial charge in [0.1, 0.15) is 24.1 Å². The number of carbonyl (C=O) groups excluding carboxylic acids is 2. The number of hydrogen-bond acceptors (Lipinski definition) is 6. The minimum absolute atomic E-state index is 0.0883. The first-order valence-corrected chi connectivity index (χ1v) is 13.4. The summed E-state index contributed by atoms with van der Waals surface area (Å²) in [5.74, 6) is -0.434. The number of amides is 2. The van der Waals surface area contributed by atoms with Gasteiger partial charge in [0.15, 0.2) is 5.78 Å². The van der Waals surface area contributed by atoms with Crippen LogP contribution >= 0.6 is 7.60 Å². The van der Waals surface area contributed by atoms with E-state index in [0.717, 1.165) is 5.56 Å². The van der Waals surface area contributed by atoms with Gasteiger partial charge in [0.25, 0.3) is 0 Å². The fourth-order valence-electron chi connectivity index (χ4n) is 3.98. The fraction of sp³-hybridized carbons (Fsp3) is 0.259. The van der Waals surface area contributed by atoms with Gasteiger partial charge in [-0.05, 0) is 49.6 Å². The van der Waals surface area contributed by atoms with Crippen LogP contribution in [0.2, 0.25) is 0 Å². The van der Waals surface area contributed by atoms with Crippen molar-refractivity contribution in [3.8, 4) is 11.5 Å². The van der Waals surface area contributed by atoms with E-state index in [1.54, 1.807) is 55.5 Å². The zero-order chi connectivity index (χ0) is 25.4. The fourth-order valence-corrected chi connectivity index (χ4v) is 6.17. The summed E-state index contributed by atoms with van der Waals surface area (Å²) in [5, 5.41) is 2.57. The van der Waals surface area contributed by atoms with Crippen molar-refractivity contribution in [2.24, 2.45) is 0 Å². The molecule has 2 unspecified atom stereocenters. The number of benzene rings is 3. The molecule has 1 heterocycles. The Balaban J connectivity index is 1.47. The topological polar surface area (TPSA) is 94.2 Å². The Morgan fingerprint density at radius 3 is 2.00 bits per heavy atom. The predicted octanol–water partition coefficient (Wildman–Crippen LogP) is 5.60. The molecule has 3 aromatic carbocycles. The first-order valence-electron chi connectivity index (χ1n) is 11.8. The molecule has 0 aliphatic carbocycles. The van der Waals surface area contributed by atoms with E-state index in [9.17, 15) is 14.2 Å². The molecule has 2 amide bonds. The lowest BCUT2D eigenvalue weighted by molar-refractivity contribution is -0.132. The molecule has 0 aromatic heterocycles. The molecule has 1 fully saturated rings. The van der Waals surface area contributed by atoms with E-state index in [4.69, 9.17) is 13.8 Å². The summed E-state index contributed by atoms with van der Waals surface area (Å²) in [7, 11) is -3.89. The maximum Gasteiger partial charge on any atom is 0.453 e. The van der Waals surface area contributed by atoms with E-state index in [1.807, 2.05) is 42.5 Å². The van der Waals surface area contributed by atoms with Crippen LogP contribution in [0.1, 0.15) is 25.3 Å². The number of hydrogen-bond donors (Lipinski definition) is 1. The largest absolute Gasteiger partial charge is 0.453 e. The normalized spacial score (nSPS) is 16.1. The van der Waals surface area contributed by atoms with Crippen molar-refractivity contribution in [2.75, 3.05) is 6.54 Å². The lowest BCUT2D eigenvalue weighted by Gasteiger charge is -2.32. The molecule has 1 aliphatic rings. The van der Waals surface area contributed by atoms with Crippen molar-refractivity contribution >= 4 is 19.6 Å². The summed E-state index contributed by atoms with van der Waals surface area (Å²) >= 11 is 0. The molecule has 0 spiro atoms. The molecule has 9 heteroatoms. The smallest absolute Gasteiger partial charge is 0.445 e. The number of nitrogens with one attached hydrogen (secondary N) is 1. The standard InChI is InChI=1S/C27H29N2O6P/c1-21(28-27(31)33-20-22-12-5-2-6-13-22)26(30)29-19-11-18-25(29)36(32,34-23-14-7-3-8-15-23)35-24-16-9-4-10-17-24/h2-10,12-17,21,25H,11,18-20H2,1H3,(H,28,31). The van der Waals surface area contributed by atoms with Gasteiger partial charge in [-0.2, -0.15) is 0 Å². The number of ether oxygens (including phenoxy) is 1. The van der Waals surface area contributed by atoms with Crippen molar-refractivity contribution in [3.63, 3.8) is 0 Å². The zero-order valence-corrected chi connectivity index (χ0v) is 20.9. The average Bonchev–Trinajstić information content (AvgIpc) is 3.40. The summed E-state index contributed by atoms with van der Waals surface area (Å²) in [6.07, 6.45) is 0.357. The van der Waals surface area contributed by atoms with Crippen LogP contribution in [-0.4, -0.2) is 35.3 Å². The number of para-hydroxylation sites is 2. The third kappa shape index (κ3) is 6.46. The second kappa shape index (κ2) is 11.8. The number of alkyl carbamates (subject to hydrolysis) is 1. The van der Waals surface area contributed by atoms with Gasteiger partial charge >= 0.3 is 13.7 Å². The van der Waals surface area contributed by atoms with E-state index >= 15 is 0 Å². The lowest BCUT2D eigenvalue weighted by Crippen LogP contribution is -2.49. The van der Waals surface area contributed by atoms with Crippen LogP contribution in [-0.2, 0) is 20.7 Å². The van der Waals surface area contributed by atoms with Crippen LogP contribution < -0.4 is 14.4 Å². The maximum absolute atomic E-state index is 14.2. The number of likely N-dealkylation sites (tertiary alicyclic amines) is 1.